The van der Waals surface area contributed by atoms with E-state index in [2.05, 4.69) is 4.90 Å². The molecule has 9 nitrogen and oxygen atoms in total. The number of halogens is 1. The molecule has 1 aliphatic heterocycles. The van der Waals surface area contributed by atoms with Crippen LogP contribution in [-0.4, -0.2) is 62.8 Å². The largest absolute Gasteiger partial charge is 0.507 e. The zero-order chi connectivity index (χ0) is 24.3. The highest BCUT2D eigenvalue weighted by Crippen LogP contribution is 2.41. The van der Waals surface area contributed by atoms with E-state index in [0.29, 0.717) is 11.6 Å². The lowest BCUT2D eigenvalue weighted by molar-refractivity contribution is -0.385. The summed E-state index contributed by atoms with van der Waals surface area (Å²) in [6, 6.07) is 8.76. The first-order valence-corrected chi connectivity index (χ1v) is 10.8. The number of benzene rings is 2. The third-order valence-electron chi connectivity index (χ3n) is 5.70. The van der Waals surface area contributed by atoms with E-state index in [0.717, 1.165) is 25.2 Å². The van der Waals surface area contributed by atoms with E-state index in [4.69, 9.17) is 11.6 Å². The van der Waals surface area contributed by atoms with E-state index in [9.17, 15) is 29.9 Å². The van der Waals surface area contributed by atoms with Crippen molar-refractivity contribution < 1.29 is 24.7 Å². The number of ketones is 1. The minimum Gasteiger partial charge on any atom is -0.507 e. The van der Waals surface area contributed by atoms with Gasteiger partial charge in [0.1, 0.15) is 5.76 Å². The molecule has 1 atom stereocenters. The Morgan fingerprint density at radius 1 is 1.18 bits per heavy atom. The van der Waals surface area contributed by atoms with Crippen LogP contribution in [-0.2, 0) is 9.59 Å². The quantitative estimate of drug-likeness (QED) is 0.197. The smallest absolute Gasteiger partial charge is 0.311 e. The highest BCUT2D eigenvalue weighted by Gasteiger charge is 2.46. The number of likely N-dealkylation sites (tertiary alicyclic amines) is 1. The molecule has 2 N–H and O–H groups in total. The van der Waals surface area contributed by atoms with Gasteiger partial charge < -0.3 is 20.0 Å². The summed E-state index contributed by atoms with van der Waals surface area (Å²) < 4.78 is 0. The predicted octanol–water partition coefficient (Wildman–Crippen LogP) is 3.72. The van der Waals surface area contributed by atoms with Crippen molar-refractivity contribution in [3.05, 3.63) is 74.3 Å². The molecule has 10 heteroatoms. The summed E-state index contributed by atoms with van der Waals surface area (Å²) in [6.45, 7) is 6.04. The summed E-state index contributed by atoms with van der Waals surface area (Å²) in [4.78, 5) is 40.0. The van der Waals surface area contributed by atoms with Crippen molar-refractivity contribution in [2.75, 3.05) is 26.2 Å². The van der Waals surface area contributed by atoms with E-state index in [1.54, 1.807) is 18.2 Å². The Bertz CT molecular complexity index is 1130. The number of nitro benzene ring substituents is 1. The predicted molar refractivity (Wildman–Crippen MR) is 123 cm³/mol. The molecule has 0 aliphatic carbocycles. The van der Waals surface area contributed by atoms with E-state index in [1.807, 2.05) is 13.8 Å². The number of aliphatic hydroxyl groups is 1. The zero-order valence-electron chi connectivity index (χ0n) is 18.2. The van der Waals surface area contributed by atoms with Gasteiger partial charge in [0, 0.05) is 29.7 Å². The molecule has 174 valence electrons. The van der Waals surface area contributed by atoms with Gasteiger partial charge in [-0.3, -0.25) is 19.7 Å². The van der Waals surface area contributed by atoms with Crippen LogP contribution in [0.2, 0.25) is 5.02 Å². The lowest BCUT2D eigenvalue weighted by Gasteiger charge is -2.28. The second-order valence-corrected chi connectivity index (χ2v) is 7.97. The first-order valence-electron chi connectivity index (χ1n) is 10.4. The lowest BCUT2D eigenvalue weighted by atomic mass is 9.95. The Morgan fingerprint density at radius 3 is 2.48 bits per heavy atom. The highest BCUT2D eigenvalue weighted by molar-refractivity contribution is 6.46. The van der Waals surface area contributed by atoms with Gasteiger partial charge in [0.2, 0.25) is 0 Å². The van der Waals surface area contributed by atoms with Crippen LogP contribution in [0.3, 0.4) is 0 Å². The molecule has 1 saturated heterocycles. The topological polar surface area (TPSA) is 124 Å². The molecule has 0 bridgehead atoms. The second kappa shape index (κ2) is 10.0. The van der Waals surface area contributed by atoms with Crippen molar-refractivity contribution in [1.82, 2.24) is 9.80 Å². The van der Waals surface area contributed by atoms with Crippen LogP contribution in [0, 0.1) is 10.1 Å². The minimum absolute atomic E-state index is 0.165. The Morgan fingerprint density at radius 2 is 1.88 bits per heavy atom. The minimum atomic E-state index is -1.07. The van der Waals surface area contributed by atoms with Gasteiger partial charge >= 0.3 is 5.69 Å². The van der Waals surface area contributed by atoms with Crippen LogP contribution in [0.1, 0.15) is 31.0 Å². The molecule has 0 spiro atoms. The monoisotopic (exact) mass is 473 g/mol. The zero-order valence-corrected chi connectivity index (χ0v) is 19.0. The number of likely N-dealkylation sites (N-methyl/N-ethyl adjacent to an activating group) is 1. The number of phenols is 1. The third-order valence-corrected chi connectivity index (χ3v) is 5.94. The number of nitro groups is 1. The highest BCUT2D eigenvalue weighted by atomic mass is 35.5. The first kappa shape index (κ1) is 24.2. The molecule has 0 radical (unpaired) electrons. The third kappa shape index (κ3) is 4.84. The maximum Gasteiger partial charge on any atom is 0.311 e. The van der Waals surface area contributed by atoms with Crippen molar-refractivity contribution in [2.24, 2.45) is 0 Å². The molecule has 1 fully saturated rings. The number of aliphatic hydroxyl groups excluding tert-OH is 1. The number of nitrogens with zero attached hydrogens (tertiary/aromatic N) is 3. The maximum atomic E-state index is 13.0. The van der Waals surface area contributed by atoms with Gasteiger partial charge in [0.05, 0.1) is 16.5 Å². The van der Waals surface area contributed by atoms with Crippen LogP contribution in [0.25, 0.3) is 5.76 Å². The number of Topliss-reactive ketones (excluding diaryl/α,β-unsaturated/α-hetero) is 1. The van der Waals surface area contributed by atoms with Crippen LogP contribution in [0.4, 0.5) is 5.69 Å². The number of amides is 1. The van der Waals surface area contributed by atoms with E-state index in [-0.39, 0.29) is 23.2 Å². The molecule has 0 saturated carbocycles. The van der Waals surface area contributed by atoms with Gasteiger partial charge in [0.15, 0.2) is 5.75 Å². The molecule has 33 heavy (non-hydrogen) atoms. The van der Waals surface area contributed by atoms with Gasteiger partial charge in [-0.2, -0.15) is 0 Å². The van der Waals surface area contributed by atoms with Crippen LogP contribution >= 0.6 is 11.6 Å². The van der Waals surface area contributed by atoms with Crippen molar-refractivity contribution >= 4 is 34.7 Å². The normalized spacial score (nSPS) is 17.7. The van der Waals surface area contributed by atoms with Gasteiger partial charge in [-0.25, -0.2) is 0 Å². The fourth-order valence-corrected chi connectivity index (χ4v) is 4.08. The molecule has 1 aliphatic rings. The Kier molecular flexibility index (Phi) is 7.35. The number of hydrogen-bond acceptors (Lipinski definition) is 7. The van der Waals surface area contributed by atoms with Crippen molar-refractivity contribution in [2.45, 2.75) is 19.9 Å². The van der Waals surface area contributed by atoms with Crippen molar-refractivity contribution in [3.8, 4) is 5.75 Å². The molecular formula is C23H24ClN3O6. The van der Waals surface area contributed by atoms with E-state index in [1.165, 1.54) is 17.0 Å². The fraction of sp³-hybridized carbons (Fsp3) is 0.304. The summed E-state index contributed by atoms with van der Waals surface area (Å²) in [5, 5.41) is 32.6. The van der Waals surface area contributed by atoms with Crippen molar-refractivity contribution in [1.29, 1.82) is 0 Å². The lowest BCUT2D eigenvalue weighted by Crippen LogP contribution is -2.38. The van der Waals surface area contributed by atoms with Gasteiger partial charge in [0.25, 0.3) is 11.7 Å². The number of phenolic OH excluding ortho intramolecular Hbond substituents is 1. The molecule has 3 rings (SSSR count). The van der Waals surface area contributed by atoms with Crippen LogP contribution in [0.15, 0.2) is 48.0 Å². The molecule has 2 aromatic rings. The number of carbonyl (C=O) groups is 2. The fourth-order valence-electron chi connectivity index (χ4n) is 3.89. The first-order chi connectivity index (χ1) is 15.7. The summed E-state index contributed by atoms with van der Waals surface area (Å²) in [5.74, 6) is -2.68. The molecular weight excluding hydrogens is 450 g/mol. The number of carbonyl (C=O) groups excluding carboxylic acids is 2. The van der Waals surface area contributed by atoms with Crippen LogP contribution < -0.4 is 0 Å². The van der Waals surface area contributed by atoms with E-state index < -0.39 is 39.9 Å². The average Bonchev–Trinajstić information content (AvgIpc) is 3.04. The summed E-state index contributed by atoms with van der Waals surface area (Å²) in [7, 11) is 0. The SMILES string of the molecule is CCN(CC)CCN1C(=O)C(=O)/C(=C(\O)c2cccc(Cl)c2)C1c1ccc(O)c([N+](=O)[O-])c1. The van der Waals surface area contributed by atoms with E-state index >= 15 is 0 Å². The van der Waals surface area contributed by atoms with Gasteiger partial charge in [-0.05, 0) is 36.9 Å². The maximum absolute atomic E-state index is 13.0. The Balaban J connectivity index is 2.18. The average molecular weight is 474 g/mol. The summed E-state index contributed by atoms with van der Waals surface area (Å²) in [6.07, 6.45) is 0. The number of aromatic hydroxyl groups is 1. The van der Waals surface area contributed by atoms with Gasteiger partial charge in [-0.15, -0.1) is 0 Å². The molecule has 1 amide bonds. The number of rotatable bonds is 8. The second-order valence-electron chi connectivity index (χ2n) is 7.53. The number of hydrogen-bond donors (Lipinski definition) is 2. The summed E-state index contributed by atoms with van der Waals surface area (Å²) >= 11 is 6.03. The van der Waals surface area contributed by atoms with Crippen molar-refractivity contribution in [3.63, 3.8) is 0 Å². The van der Waals surface area contributed by atoms with Crippen LogP contribution in [0.5, 0.6) is 5.75 Å². The molecule has 0 aromatic heterocycles. The standard InChI is InChI=1S/C23H24ClN3O6/c1-3-25(4-2)10-11-26-20(14-8-9-18(28)17(13-14)27(32)33)19(22(30)23(26)31)21(29)15-6-5-7-16(24)12-15/h5-9,12-13,20,28-29H,3-4,10-11H2,1-2H3/b21-19-. The summed E-state index contributed by atoms with van der Waals surface area (Å²) in [5.41, 5.74) is -0.296. The molecule has 1 unspecified atom stereocenters. The Labute approximate surface area is 195 Å². The molecule has 1 heterocycles. The molecule has 2 aromatic carbocycles. The Hall–Kier alpha value is -3.43. The van der Waals surface area contributed by atoms with Gasteiger partial charge in [-0.1, -0.05) is 43.6 Å².